The maximum absolute atomic E-state index is 11.9. The maximum atomic E-state index is 11.9. The molecule has 7 heteroatoms. The Balaban J connectivity index is 2.54. The van der Waals surface area contributed by atoms with Gasteiger partial charge in [-0.05, 0) is 33.7 Å². The normalized spacial score (nSPS) is 20.2. The summed E-state index contributed by atoms with van der Waals surface area (Å²) >= 11 is 0. The van der Waals surface area contributed by atoms with Crippen LogP contribution in [0.3, 0.4) is 0 Å². The van der Waals surface area contributed by atoms with Crippen LogP contribution in [0, 0.1) is 5.92 Å². The van der Waals surface area contributed by atoms with E-state index in [0.29, 0.717) is 13.0 Å². The van der Waals surface area contributed by atoms with Crippen LogP contribution in [-0.2, 0) is 19.1 Å². The first-order chi connectivity index (χ1) is 9.19. The zero-order valence-corrected chi connectivity index (χ0v) is 12.1. The second-order valence-corrected chi connectivity index (χ2v) is 5.88. The monoisotopic (exact) mass is 286 g/mol. The molecule has 0 aromatic rings. The molecule has 1 aliphatic rings. The van der Waals surface area contributed by atoms with Crippen molar-refractivity contribution in [2.75, 3.05) is 13.1 Å². The number of esters is 1. The number of carbonyl (C=O) groups is 3. The van der Waals surface area contributed by atoms with Crippen LogP contribution in [0.15, 0.2) is 0 Å². The number of nitrogens with one attached hydrogen (secondary N) is 2. The predicted molar refractivity (Wildman–Crippen MR) is 71.0 cm³/mol. The molecule has 2 atom stereocenters. The van der Waals surface area contributed by atoms with Gasteiger partial charge in [0.15, 0.2) is 0 Å². The van der Waals surface area contributed by atoms with E-state index in [1.54, 1.807) is 20.8 Å². The zero-order chi connectivity index (χ0) is 15.3. The highest BCUT2D eigenvalue weighted by molar-refractivity contribution is 5.88. The van der Waals surface area contributed by atoms with Crippen LogP contribution in [0.1, 0.15) is 33.6 Å². The first kappa shape index (κ1) is 16.4. The molecule has 7 nitrogen and oxygen atoms in total. The molecule has 0 radical (unpaired) electrons. The minimum absolute atomic E-state index is 0.240. The Hall–Kier alpha value is -1.63. The summed E-state index contributed by atoms with van der Waals surface area (Å²) in [5, 5.41) is 14.5. The molecule has 0 spiro atoms. The minimum Gasteiger partial charge on any atom is -0.480 e. The van der Waals surface area contributed by atoms with Gasteiger partial charge < -0.3 is 20.5 Å². The summed E-state index contributed by atoms with van der Waals surface area (Å²) in [6.07, 6.45) is 0.295. The molecule has 0 aliphatic carbocycles. The van der Waals surface area contributed by atoms with Gasteiger partial charge in [-0.2, -0.15) is 0 Å². The third-order valence-corrected chi connectivity index (χ3v) is 2.84. The number of carbonyl (C=O) groups excluding carboxylic acids is 2. The summed E-state index contributed by atoms with van der Waals surface area (Å²) in [7, 11) is 0. The van der Waals surface area contributed by atoms with Crippen molar-refractivity contribution in [3.63, 3.8) is 0 Å². The van der Waals surface area contributed by atoms with Gasteiger partial charge in [0.1, 0.15) is 11.6 Å². The number of aliphatic carboxylic acids is 1. The molecule has 0 aromatic heterocycles. The lowest BCUT2D eigenvalue weighted by Gasteiger charge is -2.22. The molecular weight excluding hydrogens is 264 g/mol. The van der Waals surface area contributed by atoms with Crippen molar-refractivity contribution in [3.8, 4) is 0 Å². The minimum atomic E-state index is -1.25. The number of carboxylic acids is 1. The highest BCUT2D eigenvalue weighted by Gasteiger charge is 2.30. The lowest BCUT2D eigenvalue weighted by atomic mass is 10.1. The molecule has 1 aliphatic heterocycles. The van der Waals surface area contributed by atoms with E-state index in [2.05, 4.69) is 10.6 Å². The van der Waals surface area contributed by atoms with Crippen molar-refractivity contribution in [3.05, 3.63) is 0 Å². The molecule has 114 valence electrons. The summed E-state index contributed by atoms with van der Waals surface area (Å²) in [4.78, 5) is 34.6. The van der Waals surface area contributed by atoms with Crippen LogP contribution in [0.2, 0.25) is 0 Å². The van der Waals surface area contributed by atoms with Gasteiger partial charge in [-0.3, -0.25) is 9.59 Å². The Kier molecular flexibility index (Phi) is 5.50. The molecule has 3 N–H and O–H groups in total. The Morgan fingerprint density at radius 1 is 1.40 bits per heavy atom. The van der Waals surface area contributed by atoms with Gasteiger partial charge in [0.05, 0.1) is 12.3 Å². The second-order valence-electron chi connectivity index (χ2n) is 5.88. The molecule has 0 saturated carbocycles. The van der Waals surface area contributed by atoms with Crippen LogP contribution >= 0.6 is 0 Å². The Labute approximate surface area is 118 Å². The molecular formula is C13H22N2O5. The van der Waals surface area contributed by atoms with Crippen LogP contribution in [0.4, 0.5) is 0 Å². The van der Waals surface area contributed by atoms with E-state index in [1.165, 1.54) is 0 Å². The third kappa shape index (κ3) is 5.56. The van der Waals surface area contributed by atoms with Gasteiger partial charge in [0.2, 0.25) is 5.91 Å². The van der Waals surface area contributed by atoms with Crippen LogP contribution in [0.5, 0.6) is 0 Å². The van der Waals surface area contributed by atoms with Crippen LogP contribution < -0.4 is 10.6 Å². The fourth-order valence-corrected chi connectivity index (χ4v) is 1.92. The molecule has 1 fully saturated rings. The Morgan fingerprint density at radius 3 is 2.50 bits per heavy atom. The highest BCUT2D eigenvalue weighted by atomic mass is 16.6. The summed E-state index contributed by atoms with van der Waals surface area (Å²) in [5.41, 5.74) is -0.681. The van der Waals surface area contributed by atoms with Crippen molar-refractivity contribution in [1.82, 2.24) is 10.6 Å². The van der Waals surface area contributed by atoms with Crippen molar-refractivity contribution < 1.29 is 24.2 Å². The van der Waals surface area contributed by atoms with Crippen LogP contribution in [0.25, 0.3) is 0 Å². The van der Waals surface area contributed by atoms with E-state index in [4.69, 9.17) is 9.84 Å². The van der Waals surface area contributed by atoms with E-state index in [-0.39, 0.29) is 18.2 Å². The summed E-state index contributed by atoms with van der Waals surface area (Å²) in [5.74, 6) is -2.47. The number of amides is 1. The fourth-order valence-electron chi connectivity index (χ4n) is 1.92. The molecule has 1 amide bonds. The summed E-state index contributed by atoms with van der Waals surface area (Å²) < 4.78 is 5.06. The maximum Gasteiger partial charge on any atom is 0.326 e. The number of rotatable bonds is 5. The number of ether oxygens (including phenoxy) is 1. The van der Waals surface area contributed by atoms with Gasteiger partial charge in [-0.25, -0.2) is 4.79 Å². The standard InChI is InChI=1S/C13H22N2O5/c1-13(2,3)20-10(16)6-9(12(18)19)15-11(17)8-4-5-14-7-8/h8-9,14H,4-7H2,1-3H3,(H,15,17)(H,18,19)/t8?,9-/m0/s1. The number of hydrogen-bond donors (Lipinski definition) is 3. The topological polar surface area (TPSA) is 105 Å². The molecule has 1 rings (SSSR count). The largest absolute Gasteiger partial charge is 0.480 e. The highest BCUT2D eigenvalue weighted by Crippen LogP contribution is 2.11. The van der Waals surface area contributed by atoms with Crippen LogP contribution in [-0.4, -0.2) is 47.7 Å². The zero-order valence-electron chi connectivity index (χ0n) is 12.1. The SMILES string of the molecule is CC(C)(C)OC(=O)C[C@H](NC(=O)C1CCNC1)C(=O)O. The number of hydrogen-bond acceptors (Lipinski definition) is 5. The van der Waals surface area contributed by atoms with Crippen molar-refractivity contribution in [2.24, 2.45) is 5.92 Å². The van der Waals surface area contributed by atoms with E-state index >= 15 is 0 Å². The van der Waals surface area contributed by atoms with Gasteiger partial charge in [-0.15, -0.1) is 0 Å². The molecule has 0 bridgehead atoms. The lowest BCUT2D eigenvalue weighted by molar-refractivity contribution is -0.158. The van der Waals surface area contributed by atoms with E-state index < -0.39 is 23.6 Å². The Bertz CT molecular complexity index is 383. The lowest BCUT2D eigenvalue weighted by Crippen LogP contribution is -2.45. The van der Waals surface area contributed by atoms with Gasteiger partial charge in [-0.1, -0.05) is 0 Å². The van der Waals surface area contributed by atoms with Gasteiger partial charge in [0.25, 0.3) is 0 Å². The van der Waals surface area contributed by atoms with Gasteiger partial charge in [0, 0.05) is 6.54 Å². The smallest absolute Gasteiger partial charge is 0.326 e. The second kappa shape index (κ2) is 6.69. The van der Waals surface area contributed by atoms with Crippen molar-refractivity contribution >= 4 is 17.8 Å². The summed E-state index contributed by atoms with van der Waals surface area (Å²) in [6, 6.07) is -1.25. The quantitative estimate of drug-likeness (QED) is 0.609. The average Bonchev–Trinajstić information content (AvgIpc) is 2.78. The third-order valence-electron chi connectivity index (χ3n) is 2.84. The first-order valence-electron chi connectivity index (χ1n) is 6.65. The molecule has 1 heterocycles. The van der Waals surface area contributed by atoms with E-state index in [1.807, 2.05) is 0 Å². The van der Waals surface area contributed by atoms with E-state index in [9.17, 15) is 14.4 Å². The van der Waals surface area contributed by atoms with Gasteiger partial charge >= 0.3 is 11.9 Å². The number of carboxylic acid groups (broad SMARTS) is 1. The molecule has 0 aromatic carbocycles. The van der Waals surface area contributed by atoms with Crippen molar-refractivity contribution in [2.45, 2.75) is 45.3 Å². The first-order valence-corrected chi connectivity index (χ1v) is 6.65. The fraction of sp³-hybridized carbons (Fsp3) is 0.769. The predicted octanol–water partition coefficient (Wildman–Crippen LogP) is -0.103. The van der Waals surface area contributed by atoms with Crippen molar-refractivity contribution in [1.29, 1.82) is 0 Å². The summed E-state index contributed by atoms with van der Waals surface area (Å²) in [6.45, 7) is 6.36. The molecule has 20 heavy (non-hydrogen) atoms. The molecule has 1 saturated heterocycles. The average molecular weight is 286 g/mol. The van der Waals surface area contributed by atoms with E-state index in [0.717, 1.165) is 6.54 Å². The Morgan fingerprint density at radius 2 is 2.05 bits per heavy atom. The molecule has 1 unspecified atom stereocenters.